The molecule has 0 atom stereocenters. The smallest absolute Gasteiger partial charge is 0.328 e. The van der Waals surface area contributed by atoms with Crippen LogP contribution in [-0.2, 0) is 4.79 Å². The molecule has 2 saturated heterocycles. The van der Waals surface area contributed by atoms with Crippen LogP contribution < -0.4 is 26.6 Å². The van der Waals surface area contributed by atoms with E-state index in [1.54, 1.807) is 29.3 Å². The van der Waals surface area contributed by atoms with Crippen LogP contribution in [-0.4, -0.2) is 87.5 Å². The third-order valence-electron chi connectivity index (χ3n) is 12.6. The lowest BCUT2D eigenvalue weighted by atomic mass is 9.60. The molecular formula is C48H58N10O3. The number of phenols is 1. The molecule has 0 radical (unpaired) electrons. The van der Waals surface area contributed by atoms with Crippen LogP contribution >= 0.6 is 0 Å². The van der Waals surface area contributed by atoms with Crippen molar-refractivity contribution in [3.8, 4) is 28.8 Å². The van der Waals surface area contributed by atoms with Crippen LogP contribution in [0, 0.1) is 24.2 Å². The fraction of sp³-hybridized carbons (Fsp3) is 0.438. The first-order chi connectivity index (χ1) is 29.7. The number of nitrogens with two attached hydrogens (primary N) is 1. The summed E-state index contributed by atoms with van der Waals surface area (Å²) in [7, 11) is 0. The maximum absolute atomic E-state index is 12.4. The number of hydrogen-bond donors (Lipinski definition) is 5. The summed E-state index contributed by atoms with van der Waals surface area (Å²) in [4.78, 5) is 33.1. The molecule has 318 valence electrons. The number of likely N-dealkylation sites (tertiary alicyclic amines) is 1. The van der Waals surface area contributed by atoms with Gasteiger partial charge < -0.3 is 26.0 Å². The summed E-state index contributed by atoms with van der Waals surface area (Å²) >= 11 is 0. The van der Waals surface area contributed by atoms with Crippen molar-refractivity contribution in [2.45, 2.75) is 83.6 Å². The van der Waals surface area contributed by atoms with Gasteiger partial charge in [-0.05, 0) is 130 Å². The predicted octanol–water partition coefficient (Wildman–Crippen LogP) is 7.37. The molecule has 13 heteroatoms. The Kier molecular flexibility index (Phi) is 12.8. The molecule has 9 rings (SSSR count). The fourth-order valence-corrected chi connectivity index (χ4v) is 8.88. The number of anilines is 3. The van der Waals surface area contributed by atoms with Crippen molar-refractivity contribution < 1.29 is 14.7 Å². The molecule has 0 unspecified atom stereocenters. The van der Waals surface area contributed by atoms with Crippen molar-refractivity contribution in [2.75, 3.05) is 61.8 Å². The van der Waals surface area contributed by atoms with Gasteiger partial charge in [0, 0.05) is 54.8 Å². The van der Waals surface area contributed by atoms with Gasteiger partial charge in [-0.1, -0.05) is 49.5 Å². The Balaban J connectivity index is 0.000000199. The van der Waals surface area contributed by atoms with Gasteiger partial charge in [0.05, 0.1) is 29.8 Å². The monoisotopic (exact) mass is 822 g/mol. The molecule has 61 heavy (non-hydrogen) atoms. The maximum Gasteiger partial charge on any atom is 0.328 e. The predicted molar refractivity (Wildman–Crippen MR) is 241 cm³/mol. The Bertz CT molecular complexity index is 2420. The van der Waals surface area contributed by atoms with Gasteiger partial charge in [-0.3, -0.25) is 19.9 Å². The van der Waals surface area contributed by atoms with E-state index in [0.717, 1.165) is 61.9 Å². The summed E-state index contributed by atoms with van der Waals surface area (Å²) in [6.07, 6.45) is 14.2. The molecule has 13 nitrogen and oxygen atoms in total. The molecule has 3 amide bonds. The quantitative estimate of drug-likeness (QED) is 0.0634. The van der Waals surface area contributed by atoms with Gasteiger partial charge >= 0.3 is 6.03 Å². The van der Waals surface area contributed by atoms with Crippen LogP contribution in [0.25, 0.3) is 22.3 Å². The number of hydrogen-bond acceptors (Lipinski definition) is 10. The Labute approximate surface area is 358 Å². The largest absolute Gasteiger partial charge is 0.507 e. The molecule has 1 spiro atoms. The van der Waals surface area contributed by atoms with Crippen LogP contribution in [0.15, 0.2) is 73.1 Å². The molecule has 2 saturated carbocycles. The zero-order valence-corrected chi connectivity index (χ0v) is 35.4. The van der Waals surface area contributed by atoms with Gasteiger partial charge in [-0.2, -0.15) is 0 Å². The molecule has 2 aromatic carbocycles. The lowest BCUT2D eigenvalue weighted by Crippen LogP contribution is -2.49. The Morgan fingerprint density at radius 3 is 2.56 bits per heavy atom. The van der Waals surface area contributed by atoms with Crippen molar-refractivity contribution in [1.29, 1.82) is 0 Å². The first kappa shape index (κ1) is 41.8. The molecule has 4 aliphatic rings. The van der Waals surface area contributed by atoms with E-state index < -0.39 is 0 Å². The number of rotatable bonds is 12. The highest BCUT2D eigenvalue weighted by molar-refractivity contribution is 6.06. The number of pyridine rings is 1. The molecule has 2 aliphatic heterocycles. The number of carbonyl (C=O) groups is 2. The van der Waals surface area contributed by atoms with E-state index in [-0.39, 0.29) is 17.7 Å². The summed E-state index contributed by atoms with van der Waals surface area (Å²) in [5, 5.41) is 28.1. The Morgan fingerprint density at radius 1 is 0.984 bits per heavy atom. The third kappa shape index (κ3) is 9.99. The highest BCUT2D eigenvalue weighted by Crippen LogP contribution is 2.56. The number of aromatic nitrogens is 4. The van der Waals surface area contributed by atoms with Crippen LogP contribution in [0.4, 0.5) is 22.0 Å². The summed E-state index contributed by atoms with van der Waals surface area (Å²) in [6, 6.07) is 19.5. The van der Waals surface area contributed by atoms with E-state index >= 15 is 0 Å². The average Bonchev–Trinajstić information content (AvgIpc) is 4.03. The highest BCUT2D eigenvalue weighted by Gasteiger charge is 2.47. The number of piperidine rings is 1. The number of unbranched alkanes of at least 4 members (excludes halogenated alkanes) is 1. The zero-order valence-electron chi connectivity index (χ0n) is 35.4. The number of nitrogens with one attached hydrogen (secondary N) is 3. The van der Waals surface area contributed by atoms with Crippen LogP contribution in [0.2, 0.25) is 0 Å². The van der Waals surface area contributed by atoms with E-state index in [1.165, 1.54) is 67.9 Å². The third-order valence-corrected chi connectivity index (χ3v) is 12.6. The second-order valence-corrected chi connectivity index (χ2v) is 17.2. The van der Waals surface area contributed by atoms with Crippen LogP contribution in [0.1, 0.15) is 93.4 Å². The molecule has 0 bridgehead atoms. The first-order valence-electron chi connectivity index (χ1n) is 21.9. The van der Waals surface area contributed by atoms with Gasteiger partial charge in [0.15, 0.2) is 5.82 Å². The number of para-hydroxylation sites is 1. The summed E-state index contributed by atoms with van der Waals surface area (Å²) in [5.41, 5.74) is 13.8. The number of benzene rings is 2. The Hall–Kier alpha value is -5.97. The second-order valence-electron chi connectivity index (χ2n) is 17.2. The van der Waals surface area contributed by atoms with Crippen molar-refractivity contribution in [3.05, 3.63) is 89.7 Å². The van der Waals surface area contributed by atoms with Gasteiger partial charge in [0.1, 0.15) is 11.4 Å². The number of aromatic hydroxyl groups is 1. The Morgan fingerprint density at radius 2 is 1.80 bits per heavy atom. The first-order valence-corrected chi connectivity index (χ1v) is 21.9. The van der Waals surface area contributed by atoms with Crippen molar-refractivity contribution >= 4 is 40.2 Å². The standard InChI is InChI=1S/C32H35N5O2.C16H23N5O/c1-22-4-2-5-23(16-22)6-3-12-35-14-10-32(11-15-35)18-26(19-32)37-21-28(24-7-8-24)27-17-25(20-33-30(27)37)36-13-9-29(38)34-31(36)39;1-2-3-8-18-9-10-19-14-11-13(20-21-16(14)17)12-6-4-5-7-15(12)22/h2,4-5,16-17,20-21,24,26H,7-15,18-19H2,1H3,(H,34,38,39);4-7,11,18,22H,2-3,8-10H2,1H3,(H2,17,21)(H,19,20). The number of nitrogens with zero attached hydrogens (tertiary/aromatic N) is 6. The summed E-state index contributed by atoms with van der Waals surface area (Å²) in [6.45, 7) is 10.4. The fourth-order valence-electron chi connectivity index (χ4n) is 8.88. The minimum atomic E-state index is -0.353. The summed E-state index contributed by atoms with van der Waals surface area (Å²) < 4.78 is 2.43. The number of urea groups is 1. The minimum Gasteiger partial charge on any atom is -0.507 e. The van der Waals surface area contributed by atoms with Gasteiger partial charge in [0.2, 0.25) is 5.91 Å². The topological polar surface area (TPSA) is 167 Å². The summed E-state index contributed by atoms with van der Waals surface area (Å²) in [5.74, 6) is 7.63. The number of fused-ring (bicyclic) bond motifs is 1. The number of phenolic OH excluding ortho intramolecular Hbond substituents is 1. The normalized spacial score (nSPS) is 17.6. The molecular weight excluding hydrogens is 765 g/mol. The van der Waals surface area contributed by atoms with Crippen LogP contribution in [0.5, 0.6) is 5.75 Å². The lowest BCUT2D eigenvalue weighted by molar-refractivity contribution is -0.120. The van der Waals surface area contributed by atoms with E-state index in [9.17, 15) is 14.7 Å². The number of aryl methyl sites for hydroxylation is 1. The molecule has 4 fully saturated rings. The number of amides is 3. The van der Waals surface area contributed by atoms with Gasteiger partial charge in [-0.25, -0.2) is 9.78 Å². The number of carbonyl (C=O) groups excluding carboxylic acids is 2. The van der Waals surface area contributed by atoms with Crippen molar-refractivity contribution in [2.24, 2.45) is 5.41 Å². The number of nitrogen functional groups attached to an aromatic ring is 1. The van der Waals surface area contributed by atoms with E-state index in [4.69, 9.17) is 10.7 Å². The molecule has 6 N–H and O–H groups in total. The van der Waals surface area contributed by atoms with Gasteiger partial charge in [-0.15, -0.1) is 10.2 Å². The number of imide groups is 1. The maximum atomic E-state index is 12.4. The molecule has 3 aromatic heterocycles. The second kappa shape index (κ2) is 18.7. The van der Waals surface area contributed by atoms with E-state index in [2.05, 4.69) is 97.8 Å². The molecule has 5 heterocycles. The van der Waals surface area contributed by atoms with Crippen LogP contribution in [0.3, 0.4) is 0 Å². The van der Waals surface area contributed by atoms with Crippen molar-refractivity contribution in [3.63, 3.8) is 0 Å². The van der Waals surface area contributed by atoms with Gasteiger partial charge in [0.25, 0.3) is 0 Å². The van der Waals surface area contributed by atoms with Crippen molar-refractivity contribution in [1.82, 2.24) is 35.3 Å². The minimum absolute atomic E-state index is 0.175. The lowest BCUT2D eigenvalue weighted by Gasteiger charge is -2.52. The zero-order chi connectivity index (χ0) is 42.3. The molecule has 5 aromatic rings. The average molecular weight is 823 g/mol. The SMILES string of the molecule is CCCCNCCNc1cc(-c2ccccc2O)nnc1N.Cc1cccc(C#CCN2CCC3(CC2)CC(n2cc(C4CC4)c4cc(N5CCC(=O)NC5=O)cnc42)C3)c1. The van der Waals surface area contributed by atoms with E-state index in [0.29, 0.717) is 47.4 Å². The molecule has 2 aliphatic carbocycles. The van der Waals surface area contributed by atoms with E-state index in [1.807, 2.05) is 12.1 Å². The highest BCUT2D eigenvalue weighted by atomic mass is 16.3.